The van der Waals surface area contributed by atoms with Gasteiger partial charge in [0, 0.05) is 5.57 Å². The summed E-state index contributed by atoms with van der Waals surface area (Å²) in [4.78, 5) is 13.3. The molecular formula is C30H46O2. The topological polar surface area (TPSA) is 37.3 Å². The third-order valence-corrected chi connectivity index (χ3v) is 12.4. The molecule has 5 aliphatic carbocycles. The highest BCUT2D eigenvalue weighted by Crippen LogP contribution is 2.75. The van der Waals surface area contributed by atoms with Crippen LogP contribution in [0.2, 0.25) is 0 Å². The van der Waals surface area contributed by atoms with Gasteiger partial charge in [0.05, 0.1) is 6.10 Å². The third kappa shape index (κ3) is 2.71. The zero-order chi connectivity index (χ0) is 23.3. The van der Waals surface area contributed by atoms with E-state index >= 15 is 0 Å². The minimum Gasteiger partial charge on any atom is -0.393 e. The predicted molar refractivity (Wildman–Crippen MR) is 131 cm³/mol. The van der Waals surface area contributed by atoms with Crippen molar-refractivity contribution in [2.45, 2.75) is 112 Å². The number of hydrogen-bond donors (Lipinski definition) is 1. The molecule has 0 unspecified atom stereocenters. The second kappa shape index (κ2) is 7.06. The molecule has 0 heterocycles. The molecule has 0 radical (unpaired) electrons. The molecule has 178 valence electrons. The predicted octanol–water partition coefficient (Wildman–Crippen LogP) is 7.27. The summed E-state index contributed by atoms with van der Waals surface area (Å²) in [5.41, 5.74) is 4.44. The molecule has 4 saturated carbocycles. The van der Waals surface area contributed by atoms with E-state index in [-0.39, 0.29) is 11.5 Å². The van der Waals surface area contributed by atoms with Gasteiger partial charge >= 0.3 is 0 Å². The Labute approximate surface area is 196 Å². The number of aliphatic hydroxyl groups excluding tert-OH is 1. The van der Waals surface area contributed by atoms with Crippen LogP contribution in [0, 0.1) is 45.3 Å². The molecule has 0 aliphatic heterocycles. The molecule has 1 N–H and O–H groups in total. The highest BCUT2D eigenvalue weighted by atomic mass is 16.3. The molecule has 0 aromatic rings. The summed E-state index contributed by atoms with van der Waals surface area (Å²) in [6.45, 7) is 16.7. The molecular weight excluding hydrogens is 392 g/mol. The number of fused-ring (bicyclic) bond motifs is 5. The normalized spacial score (nSPS) is 49.9. The third-order valence-electron chi connectivity index (χ3n) is 12.4. The summed E-state index contributed by atoms with van der Waals surface area (Å²) >= 11 is 0. The summed E-state index contributed by atoms with van der Waals surface area (Å²) in [6, 6.07) is 0. The molecule has 2 nitrogen and oxygen atoms in total. The fourth-order valence-electron chi connectivity index (χ4n) is 10.4. The van der Waals surface area contributed by atoms with E-state index in [1.54, 1.807) is 0 Å². The van der Waals surface area contributed by atoms with Crippen LogP contribution in [0.25, 0.3) is 0 Å². The summed E-state index contributed by atoms with van der Waals surface area (Å²) in [5, 5.41) is 10.9. The van der Waals surface area contributed by atoms with E-state index in [9.17, 15) is 9.90 Å². The van der Waals surface area contributed by atoms with E-state index < -0.39 is 0 Å². The minimum atomic E-state index is -0.155. The van der Waals surface area contributed by atoms with Gasteiger partial charge in [-0.25, -0.2) is 0 Å². The highest BCUT2D eigenvalue weighted by Gasteiger charge is 2.68. The molecule has 2 heteroatoms. The summed E-state index contributed by atoms with van der Waals surface area (Å²) < 4.78 is 0. The lowest BCUT2D eigenvalue weighted by atomic mass is 9.35. The van der Waals surface area contributed by atoms with E-state index in [1.807, 2.05) is 0 Å². The SMILES string of the molecule is CC(C)=C1CC=C([C@H]2CC[C@]3(C)[C@@H]2CC[C@@H]2[C@@]4(C)CC[C@H](O)C(C)(C)[C@@H]4CC[C@]23C)C1=O. The molecule has 0 spiro atoms. The van der Waals surface area contributed by atoms with E-state index in [0.717, 1.165) is 24.3 Å². The fraction of sp³-hybridized carbons (Fsp3) is 0.833. The number of rotatable bonds is 1. The van der Waals surface area contributed by atoms with Crippen LogP contribution in [0.3, 0.4) is 0 Å². The number of aliphatic hydroxyl groups is 1. The maximum absolute atomic E-state index is 13.3. The van der Waals surface area contributed by atoms with Crippen LogP contribution >= 0.6 is 0 Å². The van der Waals surface area contributed by atoms with Crippen LogP contribution in [0.4, 0.5) is 0 Å². The van der Waals surface area contributed by atoms with Crippen LogP contribution in [-0.2, 0) is 4.79 Å². The van der Waals surface area contributed by atoms with Crippen molar-refractivity contribution in [3.05, 3.63) is 22.8 Å². The zero-order valence-electron chi connectivity index (χ0n) is 21.7. The zero-order valence-corrected chi connectivity index (χ0v) is 21.7. The van der Waals surface area contributed by atoms with Crippen molar-refractivity contribution in [3.8, 4) is 0 Å². The Bertz CT molecular complexity index is 889. The van der Waals surface area contributed by atoms with Crippen LogP contribution < -0.4 is 0 Å². The second-order valence-corrected chi connectivity index (χ2v) is 13.9. The van der Waals surface area contributed by atoms with Crippen molar-refractivity contribution >= 4 is 5.78 Å². The van der Waals surface area contributed by atoms with Crippen LogP contribution in [0.15, 0.2) is 22.8 Å². The first-order valence-electron chi connectivity index (χ1n) is 13.5. The van der Waals surface area contributed by atoms with Crippen molar-refractivity contribution in [1.29, 1.82) is 0 Å². The van der Waals surface area contributed by atoms with Crippen molar-refractivity contribution in [2.24, 2.45) is 45.3 Å². The number of allylic oxidation sites excluding steroid dienone is 4. The summed E-state index contributed by atoms with van der Waals surface area (Å²) in [7, 11) is 0. The molecule has 8 atom stereocenters. The molecule has 0 amide bonds. The van der Waals surface area contributed by atoms with E-state index in [0.29, 0.717) is 39.8 Å². The van der Waals surface area contributed by atoms with Crippen molar-refractivity contribution in [2.75, 3.05) is 0 Å². The molecule has 0 aromatic heterocycles. The van der Waals surface area contributed by atoms with Crippen LogP contribution in [0.5, 0.6) is 0 Å². The smallest absolute Gasteiger partial charge is 0.185 e. The Morgan fingerprint density at radius 1 is 0.875 bits per heavy atom. The molecule has 4 fully saturated rings. The Morgan fingerprint density at radius 3 is 2.22 bits per heavy atom. The first-order valence-corrected chi connectivity index (χ1v) is 13.5. The first-order chi connectivity index (χ1) is 14.9. The molecule has 0 saturated heterocycles. The fourth-order valence-corrected chi connectivity index (χ4v) is 10.4. The van der Waals surface area contributed by atoms with Gasteiger partial charge in [0.1, 0.15) is 0 Å². The summed E-state index contributed by atoms with van der Waals surface area (Å²) in [6.07, 6.45) is 12.7. The first kappa shape index (κ1) is 22.9. The van der Waals surface area contributed by atoms with E-state index in [4.69, 9.17) is 0 Å². The van der Waals surface area contributed by atoms with Crippen LogP contribution in [-0.4, -0.2) is 17.0 Å². The van der Waals surface area contributed by atoms with Gasteiger partial charge in [0.2, 0.25) is 0 Å². The van der Waals surface area contributed by atoms with Gasteiger partial charge in [-0.3, -0.25) is 4.79 Å². The Hall–Kier alpha value is -0.890. The standard InChI is InChI=1S/C30H46O2/c1-18(2)19-8-9-21(26(19)32)20-12-16-29(6)22(20)10-11-24-28(5)15-14-25(31)27(3,4)23(28)13-17-30(24,29)7/h9,20,22-25,31H,8,10-17H2,1-7H3/t20-,22-,23+,24-,25+,28+,29-,30-/m1/s1. The molecule has 32 heavy (non-hydrogen) atoms. The van der Waals surface area contributed by atoms with Gasteiger partial charge in [-0.05, 0) is 123 Å². The van der Waals surface area contributed by atoms with Crippen molar-refractivity contribution in [1.82, 2.24) is 0 Å². The monoisotopic (exact) mass is 438 g/mol. The highest BCUT2D eigenvalue weighted by molar-refractivity contribution is 6.11. The maximum Gasteiger partial charge on any atom is 0.185 e. The van der Waals surface area contributed by atoms with Crippen molar-refractivity contribution in [3.63, 3.8) is 0 Å². The largest absolute Gasteiger partial charge is 0.393 e. The molecule has 0 aromatic carbocycles. The van der Waals surface area contributed by atoms with Gasteiger partial charge in [-0.2, -0.15) is 0 Å². The average molecular weight is 439 g/mol. The minimum absolute atomic E-state index is 0.0200. The van der Waals surface area contributed by atoms with Gasteiger partial charge in [-0.1, -0.05) is 46.3 Å². The average Bonchev–Trinajstić information content (AvgIpc) is 3.26. The molecule has 5 rings (SSSR count). The second-order valence-electron chi connectivity index (χ2n) is 13.9. The number of Topliss-reactive ketones (excluding diaryl/α,β-unsaturated/α-hetero) is 1. The number of carbonyl (C=O) groups is 1. The Kier molecular flexibility index (Phi) is 5.05. The van der Waals surface area contributed by atoms with Crippen molar-refractivity contribution < 1.29 is 9.90 Å². The summed E-state index contributed by atoms with van der Waals surface area (Å²) in [5.74, 6) is 2.84. The van der Waals surface area contributed by atoms with E-state index in [1.165, 1.54) is 56.1 Å². The van der Waals surface area contributed by atoms with Gasteiger partial charge in [0.25, 0.3) is 0 Å². The lowest BCUT2D eigenvalue weighted by molar-refractivity contribution is -0.220. The maximum atomic E-state index is 13.3. The van der Waals surface area contributed by atoms with E-state index in [2.05, 4.69) is 54.5 Å². The van der Waals surface area contributed by atoms with Gasteiger partial charge in [0.15, 0.2) is 5.78 Å². The number of carbonyl (C=O) groups excluding carboxylic acids is 1. The lowest BCUT2D eigenvalue weighted by Crippen LogP contribution is -2.63. The molecule has 0 bridgehead atoms. The lowest BCUT2D eigenvalue weighted by Gasteiger charge is -2.69. The number of hydrogen-bond acceptors (Lipinski definition) is 2. The number of ketones is 1. The Morgan fingerprint density at radius 2 is 1.56 bits per heavy atom. The van der Waals surface area contributed by atoms with Crippen LogP contribution in [0.1, 0.15) is 106 Å². The van der Waals surface area contributed by atoms with Gasteiger partial charge in [-0.15, -0.1) is 0 Å². The Balaban J connectivity index is 1.47. The molecule has 5 aliphatic rings. The van der Waals surface area contributed by atoms with Gasteiger partial charge < -0.3 is 5.11 Å². The quantitative estimate of drug-likeness (QED) is 0.437.